The summed E-state index contributed by atoms with van der Waals surface area (Å²) in [5.74, 6) is 0. The highest BCUT2D eigenvalue weighted by Crippen LogP contribution is 2.30. The fourth-order valence-corrected chi connectivity index (χ4v) is 1.45. The molecule has 2 rings (SSSR count). The maximum absolute atomic E-state index is 12.5. The van der Waals surface area contributed by atoms with E-state index in [4.69, 9.17) is 0 Å². The van der Waals surface area contributed by atoms with Crippen LogP contribution in [0.25, 0.3) is 5.69 Å². The average Bonchev–Trinajstić information content (AvgIpc) is 2.63. The largest absolute Gasteiger partial charge is 0.416 e. The summed E-state index contributed by atoms with van der Waals surface area (Å²) >= 11 is 0. The summed E-state index contributed by atoms with van der Waals surface area (Å²) in [7, 11) is 0. The van der Waals surface area contributed by atoms with Crippen molar-refractivity contribution in [1.82, 2.24) is 9.78 Å². The van der Waals surface area contributed by atoms with Crippen molar-refractivity contribution in [3.05, 3.63) is 47.8 Å². The Morgan fingerprint density at radius 1 is 1.19 bits per heavy atom. The quantitative estimate of drug-likeness (QED) is 0.730. The Hall–Kier alpha value is -1.78. The molecule has 1 aromatic carbocycles. The van der Waals surface area contributed by atoms with E-state index in [0.29, 0.717) is 5.69 Å². The first-order chi connectivity index (χ1) is 7.48. The highest BCUT2D eigenvalue weighted by molar-refractivity contribution is 5.37. The molecule has 0 radical (unpaired) electrons. The second-order valence-corrected chi connectivity index (χ2v) is 3.43. The first-order valence-electron chi connectivity index (χ1n) is 4.67. The molecule has 0 amide bonds. The van der Waals surface area contributed by atoms with Crippen molar-refractivity contribution in [2.45, 2.75) is 13.1 Å². The lowest BCUT2D eigenvalue weighted by Gasteiger charge is -2.09. The third kappa shape index (κ3) is 1.93. The van der Waals surface area contributed by atoms with Gasteiger partial charge in [0.15, 0.2) is 0 Å². The second-order valence-electron chi connectivity index (χ2n) is 3.43. The standard InChI is InChI=1S/C11H9F3N2/c1-8-5-6-15-16(8)10-4-2-3-9(7-10)11(12,13)14/h2-7H,1H3. The van der Waals surface area contributed by atoms with E-state index < -0.39 is 11.7 Å². The van der Waals surface area contributed by atoms with Gasteiger partial charge in [-0.1, -0.05) is 6.07 Å². The number of hydrogen-bond acceptors (Lipinski definition) is 1. The minimum atomic E-state index is -4.32. The molecule has 0 aliphatic rings. The van der Waals surface area contributed by atoms with Crippen LogP contribution < -0.4 is 0 Å². The zero-order valence-electron chi connectivity index (χ0n) is 8.49. The number of alkyl halides is 3. The van der Waals surface area contributed by atoms with Gasteiger partial charge in [-0.15, -0.1) is 0 Å². The van der Waals surface area contributed by atoms with Gasteiger partial charge in [-0.2, -0.15) is 18.3 Å². The van der Waals surface area contributed by atoms with Crippen molar-refractivity contribution in [2.24, 2.45) is 0 Å². The van der Waals surface area contributed by atoms with Crippen LogP contribution in [0, 0.1) is 6.92 Å². The molecule has 0 fully saturated rings. The summed E-state index contributed by atoms with van der Waals surface area (Å²) in [5.41, 5.74) is 0.538. The fraction of sp³-hybridized carbons (Fsp3) is 0.182. The molecule has 0 spiro atoms. The first kappa shape index (κ1) is 10.7. The summed E-state index contributed by atoms with van der Waals surface area (Å²) < 4.78 is 38.9. The van der Waals surface area contributed by atoms with Crippen LogP contribution in [0.1, 0.15) is 11.3 Å². The molecule has 84 valence electrons. The molecule has 5 heteroatoms. The average molecular weight is 226 g/mol. The van der Waals surface area contributed by atoms with E-state index in [-0.39, 0.29) is 0 Å². The predicted octanol–water partition coefficient (Wildman–Crippen LogP) is 3.20. The van der Waals surface area contributed by atoms with Crippen LogP contribution in [-0.4, -0.2) is 9.78 Å². The maximum atomic E-state index is 12.5. The molecule has 1 heterocycles. The highest BCUT2D eigenvalue weighted by atomic mass is 19.4. The van der Waals surface area contributed by atoms with E-state index in [1.54, 1.807) is 25.3 Å². The first-order valence-corrected chi connectivity index (χ1v) is 4.67. The number of halogens is 3. The zero-order valence-corrected chi connectivity index (χ0v) is 8.49. The van der Waals surface area contributed by atoms with Gasteiger partial charge >= 0.3 is 6.18 Å². The van der Waals surface area contributed by atoms with Gasteiger partial charge in [0, 0.05) is 11.9 Å². The lowest BCUT2D eigenvalue weighted by molar-refractivity contribution is -0.137. The molecule has 0 aliphatic heterocycles. The van der Waals surface area contributed by atoms with Gasteiger partial charge in [0.1, 0.15) is 0 Å². The number of aromatic nitrogens is 2. The zero-order chi connectivity index (χ0) is 11.8. The molecule has 0 saturated carbocycles. The van der Waals surface area contributed by atoms with Gasteiger partial charge in [0.2, 0.25) is 0 Å². The molecule has 0 aliphatic carbocycles. The second kappa shape index (κ2) is 3.66. The summed E-state index contributed by atoms with van der Waals surface area (Å²) in [6, 6.07) is 6.83. The van der Waals surface area contributed by atoms with Gasteiger partial charge < -0.3 is 0 Å². The van der Waals surface area contributed by atoms with Crippen molar-refractivity contribution in [3.63, 3.8) is 0 Å². The lowest BCUT2D eigenvalue weighted by Crippen LogP contribution is -2.07. The number of aryl methyl sites for hydroxylation is 1. The van der Waals surface area contributed by atoms with Gasteiger partial charge in [-0.25, -0.2) is 4.68 Å². The van der Waals surface area contributed by atoms with E-state index in [2.05, 4.69) is 5.10 Å². The van der Waals surface area contributed by atoms with Crippen molar-refractivity contribution < 1.29 is 13.2 Å². The van der Waals surface area contributed by atoms with Crippen LogP contribution in [0.15, 0.2) is 36.5 Å². The van der Waals surface area contributed by atoms with Crippen LogP contribution >= 0.6 is 0 Å². The Balaban J connectivity index is 2.49. The van der Waals surface area contributed by atoms with E-state index >= 15 is 0 Å². The van der Waals surface area contributed by atoms with E-state index in [1.807, 2.05) is 0 Å². The Labute approximate surface area is 90.3 Å². The SMILES string of the molecule is Cc1ccnn1-c1cccc(C(F)(F)F)c1. The van der Waals surface area contributed by atoms with E-state index in [1.165, 1.54) is 10.7 Å². The predicted molar refractivity (Wildman–Crippen MR) is 53.3 cm³/mol. The van der Waals surface area contributed by atoms with Gasteiger partial charge in [-0.3, -0.25) is 0 Å². The lowest BCUT2D eigenvalue weighted by atomic mass is 10.2. The third-order valence-electron chi connectivity index (χ3n) is 2.25. The minimum Gasteiger partial charge on any atom is -0.238 e. The number of hydrogen-bond donors (Lipinski definition) is 0. The van der Waals surface area contributed by atoms with Gasteiger partial charge in [-0.05, 0) is 31.2 Å². The molecule has 0 bridgehead atoms. The van der Waals surface area contributed by atoms with Crippen LogP contribution in [0.4, 0.5) is 13.2 Å². The van der Waals surface area contributed by atoms with E-state index in [9.17, 15) is 13.2 Å². The molecule has 1 aromatic heterocycles. The smallest absolute Gasteiger partial charge is 0.238 e. The molecule has 2 aromatic rings. The Morgan fingerprint density at radius 3 is 2.50 bits per heavy atom. The van der Waals surface area contributed by atoms with Gasteiger partial charge in [0.25, 0.3) is 0 Å². The molecular weight excluding hydrogens is 217 g/mol. The van der Waals surface area contributed by atoms with Crippen LogP contribution in [0.5, 0.6) is 0 Å². The molecule has 0 unspecified atom stereocenters. The minimum absolute atomic E-state index is 0.414. The normalized spacial score (nSPS) is 11.8. The van der Waals surface area contributed by atoms with Crippen molar-refractivity contribution in [2.75, 3.05) is 0 Å². The molecule has 0 saturated heterocycles. The Morgan fingerprint density at radius 2 is 1.94 bits per heavy atom. The summed E-state index contributed by atoms with van der Waals surface area (Å²) in [6.07, 6.45) is -2.77. The Kier molecular flexibility index (Phi) is 2.46. The van der Waals surface area contributed by atoms with Crippen molar-refractivity contribution >= 4 is 0 Å². The molecule has 16 heavy (non-hydrogen) atoms. The Bertz CT molecular complexity index is 500. The number of nitrogens with zero attached hydrogens (tertiary/aromatic N) is 2. The topological polar surface area (TPSA) is 17.8 Å². The molecular formula is C11H9F3N2. The highest BCUT2D eigenvalue weighted by Gasteiger charge is 2.30. The van der Waals surface area contributed by atoms with Crippen LogP contribution in [0.3, 0.4) is 0 Å². The summed E-state index contributed by atoms with van der Waals surface area (Å²) in [4.78, 5) is 0. The maximum Gasteiger partial charge on any atom is 0.416 e. The third-order valence-corrected chi connectivity index (χ3v) is 2.25. The molecule has 0 atom stereocenters. The number of rotatable bonds is 1. The number of benzene rings is 1. The monoisotopic (exact) mass is 226 g/mol. The van der Waals surface area contributed by atoms with Crippen LogP contribution in [-0.2, 0) is 6.18 Å². The fourth-order valence-electron chi connectivity index (χ4n) is 1.45. The molecule has 0 N–H and O–H groups in total. The van der Waals surface area contributed by atoms with Crippen molar-refractivity contribution in [3.8, 4) is 5.69 Å². The van der Waals surface area contributed by atoms with E-state index in [0.717, 1.165) is 17.8 Å². The van der Waals surface area contributed by atoms with Gasteiger partial charge in [0.05, 0.1) is 11.3 Å². The summed E-state index contributed by atoms with van der Waals surface area (Å²) in [6.45, 7) is 1.78. The van der Waals surface area contributed by atoms with Crippen molar-refractivity contribution in [1.29, 1.82) is 0 Å². The van der Waals surface area contributed by atoms with Crippen LogP contribution in [0.2, 0.25) is 0 Å². The summed E-state index contributed by atoms with van der Waals surface area (Å²) in [5, 5.41) is 3.96. The molecule has 2 nitrogen and oxygen atoms in total.